The van der Waals surface area contributed by atoms with E-state index in [1.54, 1.807) is 4.90 Å². The van der Waals surface area contributed by atoms with Gasteiger partial charge in [0.15, 0.2) is 0 Å². The molecule has 5 nitrogen and oxygen atoms in total. The highest BCUT2D eigenvalue weighted by atomic mass is 19.4. The van der Waals surface area contributed by atoms with Gasteiger partial charge in [-0.3, -0.25) is 4.79 Å². The number of H-pyrrole nitrogens is 1. The van der Waals surface area contributed by atoms with E-state index in [0.717, 1.165) is 44.7 Å². The highest BCUT2D eigenvalue weighted by molar-refractivity contribution is 5.83. The second-order valence-corrected chi connectivity index (χ2v) is 6.96. The smallest absolute Gasteiger partial charge is 0.341 e. The third kappa shape index (κ3) is 3.16. The molecule has 1 unspecified atom stereocenters. The van der Waals surface area contributed by atoms with Crippen LogP contribution in [0.3, 0.4) is 0 Å². The average molecular weight is 344 g/mol. The van der Waals surface area contributed by atoms with Crippen molar-refractivity contribution in [2.45, 2.75) is 50.6 Å². The van der Waals surface area contributed by atoms with Gasteiger partial charge >= 0.3 is 6.18 Å². The zero-order valence-corrected chi connectivity index (χ0v) is 13.5. The fraction of sp³-hybridized carbons (Fsp3) is 0.750. The number of amides is 1. The quantitative estimate of drug-likeness (QED) is 0.885. The molecule has 1 amide bonds. The fourth-order valence-corrected chi connectivity index (χ4v) is 3.97. The van der Waals surface area contributed by atoms with Crippen LogP contribution in [0, 0.1) is 5.41 Å². The van der Waals surface area contributed by atoms with Crippen LogP contribution in [0.15, 0.2) is 6.20 Å². The first-order chi connectivity index (χ1) is 11.4. The van der Waals surface area contributed by atoms with Crippen LogP contribution in [-0.2, 0) is 11.0 Å². The van der Waals surface area contributed by atoms with Crippen molar-refractivity contribution in [2.75, 3.05) is 19.6 Å². The molecule has 1 atom stereocenters. The molecule has 1 aliphatic heterocycles. The van der Waals surface area contributed by atoms with Gasteiger partial charge in [-0.15, -0.1) is 0 Å². The lowest BCUT2D eigenvalue weighted by atomic mass is 9.83. The first-order valence-corrected chi connectivity index (χ1v) is 8.47. The lowest BCUT2D eigenvalue weighted by Gasteiger charge is -2.38. The maximum atomic E-state index is 12.9. The standard InChI is InChI=1S/C16H23F3N4O/c17-16(18,19)12-8-21-13(22-12)11-4-3-7-23(9-11)14(24)15(10-20)5-1-2-6-15/h8,11H,1-7,9-10,20H2,(H,21,22). The molecule has 24 heavy (non-hydrogen) atoms. The predicted molar refractivity (Wildman–Crippen MR) is 82.1 cm³/mol. The molecule has 0 radical (unpaired) electrons. The Morgan fingerprint density at radius 2 is 2.08 bits per heavy atom. The summed E-state index contributed by atoms with van der Waals surface area (Å²) < 4.78 is 38.2. The van der Waals surface area contributed by atoms with Crippen molar-refractivity contribution in [1.29, 1.82) is 0 Å². The van der Waals surface area contributed by atoms with Crippen LogP contribution in [0.25, 0.3) is 0 Å². The molecule has 8 heteroatoms. The molecule has 1 aromatic heterocycles. The summed E-state index contributed by atoms with van der Waals surface area (Å²) in [7, 11) is 0. The zero-order chi connectivity index (χ0) is 17.4. The van der Waals surface area contributed by atoms with Crippen LogP contribution in [-0.4, -0.2) is 40.4 Å². The number of halogens is 3. The van der Waals surface area contributed by atoms with Crippen molar-refractivity contribution in [2.24, 2.45) is 11.1 Å². The van der Waals surface area contributed by atoms with Gasteiger partial charge in [-0.25, -0.2) is 4.98 Å². The van der Waals surface area contributed by atoms with Crippen molar-refractivity contribution in [1.82, 2.24) is 14.9 Å². The Kier molecular flexibility index (Phi) is 4.59. The minimum Gasteiger partial charge on any atom is -0.341 e. The van der Waals surface area contributed by atoms with Gasteiger partial charge in [-0.05, 0) is 25.7 Å². The number of rotatable bonds is 3. The second-order valence-electron chi connectivity index (χ2n) is 6.96. The Morgan fingerprint density at radius 1 is 1.38 bits per heavy atom. The fourth-order valence-electron chi connectivity index (χ4n) is 3.97. The molecule has 0 bridgehead atoms. The van der Waals surface area contributed by atoms with E-state index in [4.69, 9.17) is 5.73 Å². The Hall–Kier alpha value is -1.57. The van der Waals surface area contributed by atoms with E-state index >= 15 is 0 Å². The van der Waals surface area contributed by atoms with E-state index in [-0.39, 0.29) is 11.8 Å². The van der Waals surface area contributed by atoms with Gasteiger partial charge in [0.25, 0.3) is 0 Å². The summed E-state index contributed by atoms with van der Waals surface area (Å²) in [5.74, 6) is 0.192. The molecule has 2 aliphatic rings. The first kappa shape index (κ1) is 17.3. The molecule has 1 aromatic rings. The molecule has 2 fully saturated rings. The molecule has 3 N–H and O–H groups in total. The number of nitrogens with zero attached hydrogens (tertiary/aromatic N) is 2. The van der Waals surface area contributed by atoms with E-state index in [2.05, 4.69) is 9.97 Å². The largest absolute Gasteiger partial charge is 0.432 e. The number of aromatic nitrogens is 2. The molecular weight excluding hydrogens is 321 g/mol. The van der Waals surface area contributed by atoms with E-state index in [1.807, 2.05) is 0 Å². The molecule has 0 aromatic carbocycles. The molecule has 134 valence electrons. The highest BCUT2D eigenvalue weighted by Gasteiger charge is 2.43. The minimum absolute atomic E-state index is 0.0646. The third-order valence-corrected chi connectivity index (χ3v) is 5.40. The van der Waals surface area contributed by atoms with Gasteiger partial charge in [0.2, 0.25) is 5.91 Å². The van der Waals surface area contributed by atoms with Crippen molar-refractivity contribution in [3.05, 3.63) is 17.7 Å². The Bertz CT molecular complexity index is 592. The summed E-state index contributed by atoms with van der Waals surface area (Å²) in [6.45, 7) is 1.39. The number of piperidine rings is 1. The van der Waals surface area contributed by atoms with Crippen LogP contribution in [0.1, 0.15) is 56.0 Å². The number of hydrogen-bond acceptors (Lipinski definition) is 3. The molecular formula is C16H23F3N4O. The average Bonchev–Trinajstić information content (AvgIpc) is 3.24. The summed E-state index contributed by atoms with van der Waals surface area (Å²) in [4.78, 5) is 21.0. The maximum absolute atomic E-state index is 12.9. The van der Waals surface area contributed by atoms with Crippen molar-refractivity contribution in [3.8, 4) is 0 Å². The van der Waals surface area contributed by atoms with Gasteiger partial charge in [0, 0.05) is 25.6 Å². The van der Waals surface area contributed by atoms with Crippen LogP contribution in [0.5, 0.6) is 0 Å². The summed E-state index contributed by atoms with van der Waals surface area (Å²) >= 11 is 0. The molecule has 0 spiro atoms. The first-order valence-electron chi connectivity index (χ1n) is 8.47. The van der Waals surface area contributed by atoms with E-state index in [9.17, 15) is 18.0 Å². The van der Waals surface area contributed by atoms with E-state index in [0.29, 0.717) is 25.5 Å². The normalized spacial score (nSPS) is 24.3. The Morgan fingerprint density at radius 3 is 2.67 bits per heavy atom. The van der Waals surface area contributed by atoms with Gasteiger partial charge < -0.3 is 15.6 Å². The summed E-state index contributed by atoms with van der Waals surface area (Å²) in [5.41, 5.74) is 4.57. The number of carbonyl (C=O) groups excluding carboxylic acids is 1. The molecule has 1 aliphatic carbocycles. The lowest BCUT2D eigenvalue weighted by Crippen LogP contribution is -2.49. The number of nitrogens with two attached hydrogens (primary N) is 1. The molecule has 1 saturated carbocycles. The summed E-state index contributed by atoms with van der Waals surface area (Å²) in [6.07, 6.45) is 1.52. The maximum Gasteiger partial charge on any atom is 0.432 e. The SMILES string of the molecule is NCC1(C(=O)N2CCCC(c3ncc(C(F)(F)F)[nH]3)C2)CCCC1. The number of aromatic amines is 1. The Labute approximate surface area is 138 Å². The molecule has 1 saturated heterocycles. The third-order valence-electron chi connectivity index (χ3n) is 5.40. The van der Waals surface area contributed by atoms with E-state index in [1.165, 1.54) is 0 Å². The van der Waals surface area contributed by atoms with Gasteiger partial charge in [-0.1, -0.05) is 12.8 Å². The van der Waals surface area contributed by atoms with Crippen LogP contribution in [0.2, 0.25) is 0 Å². The second kappa shape index (κ2) is 6.38. The number of nitrogens with one attached hydrogen (secondary N) is 1. The topological polar surface area (TPSA) is 75.0 Å². The number of hydrogen-bond donors (Lipinski definition) is 2. The lowest BCUT2D eigenvalue weighted by molar-refractivity contribution is -0.143. The molecule has 2 heterocycles. The molecule has 3 rings (SSSR count). The zero-order valence-electron chi connectivity index (χ0n) is 13.5. The van der Waals surface area contributed by atoms with Crippen LogP contribution in [0.4, 0.5) is 13.2 Å². The minimum atomic E-state index is -4.43. The van der Waals surface area contributed by atoms with Crippen LogP contribution >= 0.6 is 0 Å². The van der Waals surface area contributed by atoms with Crippen molar-refractivity contribution < 1.29 is 18.0 Å². The highest BCUT2D eigenvalue weighted by Crippen LogP contribution is 2.40. The van der Waals surface area contributed by atoms with Crippen molar-refractivity contribution >= 4 is 5.91 Å². The number of imidazole rings is 1. The number of likely N-dealkylation sites (tertiary alicyclic amines) is 1. The van der Waals surface area contributed by atoms with Crippen molar-refractivity contribution in [3.63, 3.8) is 0 Å². The monoisotopic (exact) mass is 344 g/mol. The predicted octanol–water partition coefficient (Wildman–Crippen LogP) is 2.65. The summed E-state index contributed by atoms with van der Waals surface area (Å²) in [5, 5.41) is 0. The number of alkyl halides is 3. The summed E-state index contributed by atoms with van der Waals surface area (Å²) in [6, 6.07) is 0. The number of carbonyl (C=O) groups is 1. The van der Waals surface area contributed by atoms with E-state index < -0.39 is 17.3 Å². The van der Waals surface area contributed by atoms with Crippen LogP contribution < -0.4 is 5.73 Å². The van der Waals surface area contributed by atoms with Gasteiger partial charge in [0.05, 0.1) is 11.6 Å². The Balaban J connectivity index is 1.72. The van der Waals surface area contributed by atoms with Gasteiger partial charge in [-0.2, -0.15) is 13.2 Å². The van der Waals surface area contributed by atoms with Gasteiger partial charge in [0.1, 0.15) is 11.5 Å².